The summed E-state index contributed by atoms with van der Waals surface area (Å²) >= 11 is 8.97. The molecular weight excluding hydrogens is 362 g/mol. The van der Waals surface area contributed by atoms with Gasteiger partial charge >= 0.3 is 0 Å². The normalized spacial score (nSPS) is 11.9. The lowest BCUT2D eigenvalue weighted by molar-refractivity contribution is -0.115. The summed E-state index contributed by atoms with van der Waals surface area (Å²) in [5.74, 6) is -0.106. The highest BCUT2D eigenvalue weighted by Crippen LogP contribution is 2.32. The Hall–Kier alpha value is -1.89. The second kappa shape index (κ2) is 7.79. The third kappa shape index (κ3) is 4.14. The zero-order valence-corrected chi connectivity index (χ0v) is 15.2. The summed E-state index contributed by atoms with van der Waals surface area (Å²) < 4.78 is 0. The predicted octanol–water partition coefficient (Wildman–Crippen LogP) is 4.98. The number of nitrogens with one attached hydrogen (secondary N) is 1. The number of hydrogen-bond acceptors (Lipinski definition) is 5. The quantitative estimate of drug-likeness (QED) is 0.639. The third-order valence-electron chi connectivity index (χ3n) is 3.18. The van der Waals surface area contributed by atoms with E-state index < -0.39 is 0 Å². The number of amides is 1. The van der Waals surface area contributed by atoms with Gasteiger partial charge in [0.1, 0.15) is 0 Å². The lowest BCUT2D eigenvalue weighted by atomic mass is 10.2. The van der Waals surface area contributed by atoms with Gasteiger partial charge in [-0.25, -0.2) is 0 Å². The van der Waals surface area contributed by atoms with E-state index in [1.165, 1.54) is 23.1 Å². The Labute approximate surface area is 153 Å². The smallest absolute Gasteiger partial charge is 0.239 e. The molecule has 1 atom stereocenters. The molecule has 0 aliphatic carbocycles. The average molecular weight is 376 g/mol. The maximum absolute atomic E-state index is 12.3. The van der Waals surface area contributed by atoms with Gasteiger partial charge in [0.25, 0.3) is 0 Å². The summed E-state index contributed by atoms with van der Waals surface area (Å²) in [6.07, 6.45) is 0. The topological polar surface area (TPSA) is 54.9 Å². The number of anilines is 1. The van der Waals surface area contributed by atoms with Crippen LogP contribution in [0, 0.1) is 0 Å². The third-order valence-corrected chi connectivity index (χ3v) is 5.50. The molecule has 0 spiro atoms. The van der Waals surface area contributed by atoms with Crippen molar-refractivity contribution in [1.29, 1.82) is 0 Å². The number of benzene rings is 2. The summed E-state index contributed by atoms with van der Waals surface area (Å²) in [5, 5.41) is 12.5. The first-order valence-electron chi connectivity index (χ1n) is 7.24. The predicted molar refractivity (Wildman–Crippen MR) is 101 cm³/mol. The minimum Gasteiger partial charge on any atom is -0.300 e. The highest BCUT2D eigenvalue weighted by Gasteiger charge is 2.17. The molecule has 1 aromatic heterocycles. The molecule has 4 nitrogen and oxygen atoms in total. The molecule has 0 aliphatic rings. The average Bonchev–Trinajstić information content (AvgIpc) is 3.04. The maximum atomic E-state index is 12.3. The Kier molecular flexibility index (Phi) is 5.50. The Morgan fingerprint density at radius 1 is 1.12 bits per heavy atom. The van der Waals surface area contributed by atoms with Gasteiger partial charge in [0.05, 0.1) is 10.3 Å². The number of nitrogens with zero attached hydrogens (tertiary/aromatic N) is 2. The number of aromatic nitrogens is 2. The number of rotatable bonds is 5. The van der Waals surface area contributed by atoms with Gasteiger partial charge in [-0.1, -0.05) is 59.3 Å². The van der Waals surface area contributed by atoms with Crippen LogP contribution in [0.2, 0.25) is 5.02 Å². The van der Waals surface area contributed by atoms with Crippen molar-refractivity contribution in [1.82, 2.24) is 10.2 Å². The van der Waals surface area contributed by atoms with E-state index >= 15 is 0 Å². The Morgan fingerprint density at radius 3 is 2.58 bits per heavy atom. The minimum absolute atomic E-state index is 0.106. The van der Waals surface area contributed by atoms with Gasteiger partial charge < -0.3 is 0 Å². The lowest BCUT2D eigenvalue weighted by Crippen LogP contribution is -2.22. The number of carbonyl (C=O) groups is 1. The van der Waals surface area contributed by atoms with Gasteiger partial charge in [0.2, 0.25) is 11.0 Å². The first-order valence-corrected chi connectivity index (χ1v) is 9.32. The van der Waals surface area contributed by atoms with E-state index in [1.54, 1.807) is 6.07 Å². The van der Waals surface area contributed by atoms with Crippen LogP contribution in [0.4, 0.5) is 5.13 Å². The molecular formula is C17H14ClN3OS2. The van der Waals surface area contributed by atoms with E-state index in [0.717, 1.165) is 10.5 Å². The number of halogens is 1. The lowest BCUT2D eigenvalue weighted by Gasteiger charge is -2.09. The van der Waals surface area contributed by atoms with Crippen molar-refractivity contribution in [2.75, 3.05) is 5.32 Å². The van der Waals surface area contributed by atoms with Crippen LogP contribution in [-0.4, -0.2) is 21.4 Å². The van der Waals surface area contributed by atoms with E-state index in [4.69, 9.17) is 11.6 Å². The SMILES string of the molecule is C[C@@H](Sc1ccccc1)C(=O)Nc1nnc(-c2ccccc2Cl)s1. The Morgan fingerprint density at radius 2 is 1.83 bits per heavy atom. The molecule has 0 aliphatic heterocycles. The summed E-state index contributed by atoms with van der Waals surface area (Å²) in [4.78, 5) is 13.4. The molecule has 3 aromatic rings. The first-order chi connectivity index (χ1) is 11.6. The van der Waals surface area contributed by atoms with Crippen LogP contribution in [0.5, 0.6) is 0 Å². The largest absolute Gasteiger partial charge is 0.300 e. The van der Waals surface area contributed by atoms with Crippen molar-refractivity contribution in [3.05, 3.63) is 59.6 Å². The molecule has 122 valence electrons. The Balaban J connectivity index is 1.66. The van der Waals surface area contributed by atoms with Gasteiger partial charge in [-0.05, 0) is 25.1 Å². The first kappa shape index (κ1) is 17.0. The van der Waals surface area contributed by atoms with Crippen LogP contribution in [0.15, 0.2) is 59.5 Å². The van der Waals surface area contributed by atoms with E-state index in [1.807, 2.05) is 55.5 Å². The molecule has 7 heteroatoms. The molecule has 1 N–H and O–H groups in total. The second-order valence-corrected chi connectivity index (χ2v) is 7.75. The van der Waals surface area contributed by atoms with Gasteiger partial charge in [-0.3, -0.25) is 10.1 Å². The van der Waals surface area contributed by atoms with Crippen LogP contribution in [0.1, 0.15) is 6.92 Å². The molecule has 2 aromatic carbocycles. The van der Waals surface area contributed by atoms with Crippen molar-refractivity contribution in [3.63, 3.8) is 0 Å². The monoisotopic (exact) mass is 375 g/mol. The van der Waals surface area contributed by atoms with Gasteiger partial charge in [0.15, 0.2) is 5.01 Å². The van der Waals surface area contributed by atoms with E-state index in [0.29, 0.717) is 15.2 Å². The molecule has 0 unspecified atom stereocenters. The van der Waals surface area contributed by atoms with Crippen LogP contribution >= 0.6 is 34.7 Å². The maximum Gasteiger partial charge on any atom is 0.239 e. The van der Waals surface area contributed by atoms with Crippen molar-refractivity contribution < 1.29 is 4.79 Å². The summed E-state index contributed by atoms with van der Waals surface area (Å²) in [6, 6.07) is 17.2. The number of hydrogen-bond donors (Lipinski definition) is 1. The van der Waals surface area contributed by atoms with Crippen LogP contribution in [-0.2, 0) is 4.79 Å². The van der Waals surface area contributed by atoms with Gasteiger partial charge in [-0.15, -0.1) is 22.0 Å². The highest BCUT2D eigenvalue weighted by atomic mass is 35.5. The number of carbonyl (C=O) groups excluding carboxylic acids is 1. The summed E-state index contributed by atoms with van der Waals surface area (Å²) in [5.41, 5.74) is 0.809. The molecule has 3 rings (SSSR count). The molecule has 0 bridgehead atoms. The fourth-order valence-electron chi connectivity index (χ4n) is 1.98. The number of thioether (sulfide) groups is 1. The van der Waals surface area contributed by atoms with Gasteiger partial charge in [-0.2, -0.15) is 0 Å². The zero-order chi connectivity index (χ0) is 16.9. The van der Waals surface area contributed by atoms with Crippen molar-refractivity contribution >= 4 is 45.7 Å². The summed E-state index contributed by atoms with van der Waals surface area (Å²) in [6.45, 7) is 1.86. The fraction of sp³-hybridized carbons (Fsp3) is 0.118. The molecule has 0 radical (unpaired) electrons. The van der Waals surface area contributed by atoms with Crippen molar-refractivity contribution in [2.45, 2.75) is 17.1 Å². The molecule has 1 heterocycles. The zero-order valence-electron chi connectivity index (χ0n) is 12.8. The second-order valence-electron chi connectivity index (χ2n) is 4.95. The Bertz CT molecular complexity index is 839. The molecule has 0 saturated heterocycles. The van der Waals surface area contributed by atoms with Crippen LogP contribution in [0.3, 0.4) is 0 Å². The van der Waals surface area contributed by atoms with E-state index in [9.17, 15) is 4.79 Å². The van der Waals surface area contributed by atoms with E-state index in [2.05, 4.69) is 15.5 Å². The standard InChI is InChI=1S/C17H14ClN3OS2/c1-11(23-12-7-3-2-4-8-12)15(22)19-17-21-20-16(24-17)13-9-5-6-10-14(13)18/h2-11H,1H3,(H,19,21,22)/t11-/m1/s1. The minimum atomic E-state index is -0.236. The molecule has 0 fully saturated rings. The van der Waals surface area contributed by atoms with Crippen molar-refractivity contribution in [2.24, 2.45) is 0 Å². The van der Waals surface area contributed by atoms with Crippen LogP contribution in [0.25, 0.3) is 10.6 Å². The summed E-state index contributed by atoms with van der Waals surface area (Å²) in [7, 11) is 0. The molecule has 24 heavy (non-hydrogen) atoms. The van der Waals surface area contributed by atoms with Gasteiger partial charge in [0, 0.05) is 10.5 Å². The highest BCUT2D eigenvalue weighted by molar-refractivity contribution is 8.00. The molecule has 1 amide bonds. The molecule has 0 saturated carbocycles. The van der Waals surface area contributed by atoms with E-state index in [-0.39, 0.29) is 11.2 Å². The van der Waals surface area contributed by atoms with Crippen LogP contribution < -0.4 is 5.32 Å². The fourth-order valence-corrected chi connectivity index (χ4v) is 3.94. The van der Waals surface area contributed by atoms with Crippen molar-refractivity contribution in [3.8, 4) is 10.6 Å².